The Morgan fingerprint density at radius 2 is 1.96 bits per heavy atom. The van der Waals surface area contributed by atoms with E-state index in [1.54, 1.807) is 0 Å². The number of carbonyl (C=O) groups excluding carboxylic acids is 1. The lowest BCUT2D eigenvalue weighted by Crippen LogP contribution is -2.41. The molecule has 2 fully saturated rings. The smallest absolute Gasteiger partial charge is 0.220 e. The molecule has 1 aliphatic heterocycles. The number of benzene rings is 1. The molecule has 28 heavy (non-hydrogen) atoms. The van der Waals surface area contributed by atoms with Gasteiger partial charge in [0.05, 0.1) is 0 Å². The molecule has 1 N–H and O–H groups in total. The summed E-state index contributed by atoms with van der Waals surface area (Å²) in [6.45, 7) is 4.29. The van der Waals surface area contributed by atoms with Crippen LogP contribution >= 0.6 is 11.3 Å². The van der Waals surface area contributed by atoms with E-state index in [1.165, 1.54) is 41.7 Å². The minimum Gasteiger partial charge on any atom is -0.356 e. The van der Waals surface area contributed by atoms with Crippen LogP contribution in [0.3, 0.4) is 0 Å². The van der Waals surface area contributed by atoms with E-state index in [4.69, 9.17) is 0 Å². The first kappa shape index (κ1) is 18.4. The molecule has 3 aliphatic rings. The first-order valence-corrected chi connectivity index (χ1v) is 11.7. The van der Waals surface area contributed by atoms with Crippen molar-refractivity contribution >= 4 is 17.2 Å². The molecule has 1 aromatic heterocycles. The van der Waals surface area contributed by atoms with Gasteiger partial charge in [0.15, 0.2) is 0 Å². The highest BCUT2D eigenvalue weighted by atomic mass is 32.1. The third-order valence-corrected chi connectivity index (χ3v) is 7.96. The molecule has 1 saturated heterocycles. The van der Waals surface area contributed by atoms with Gasteiger partial charge in [-0.2, -0.15) is 0 Å². The van der Waals surface area contributed by atoms with Crippen molar-refractivity contribution in [3.63, 3.8) is 0 Å². The molecule has 0 bridgehead atoms. The maximum absolute atomic E-state index is 12.5. The molecule has 148 valence electrons. The number of nitrogens with zero attached hydrogens (tertiary/aromatic N) is 1. The number of amides is 1. The summed E-state index contributed by atoms with van der Waals surface area (Å²) in [5, 5.41) is 5.35. The molecule has 3 nitrogen and oxygen atoms in total. The number of fused-ring (bicyclic) bond motifs is 2. The fourth-order valence-corrected chi connectivity index (χ4v) is 6.07. The summed E-state index contributed by atoms with van der Waals surface area (Å²) in [4.78, 5) is 16.6. The standard InChI is InChI=1S/C24H30N2OS/c27-23(25-16-18-7-8-18)14-19-15-24(22-6-2-1-5-21(19)22)9-11-26(12-10-24)17-20-4-3-13-28-20/h1-6,13,18-19H,7-12,14-17H2,(H,25,27)/t19-/m1/s1. The van der Waals surface area contributed by atoms with Gasteiger partial charge >= 0.3 is 0 Å². The lowest BCUT2D eigenvalue weighted by molar-refractivity contribution is -0.121. The number of carbonyl (C=O) groups is 1. The summed E-state index contributed by atoms with van der Waals surface area (Å²) in [5.41, 5.74) is 3.26. The lowest BCUT2D eigenvalue weighted by Gasteiger charge is -2.40. The second-order valence-electron chi connectivity index (χ2n) is 9.08. The van der Waals surface area contributed by atoms with Gasteiger partial charge in [-0.25, -0.2) is 0 Å². The van der Waals surface area contributed by atoms with Crippen LogP contribution in [0.15, 0.2) is 41.8 Å². The van der Waals surface area contributed by atoms with Crippen molar-refractivity contribution in [1.29, 1.82) is 0 Å². The number of hydrogen-bond acceptors (Lipinski definition) is 3. The lowest BCUT2D eigenvalue weighted by atomic mass is 9.73. The van der Waals surface area contributed by atoms with Crippen LogP contribution in [0.2, 0.25) is 0 Å². The molecular formula is C24H30N2OS. The largest absolute Gasteiger partial charge is 0.356 e. The number of nitrogens with one attached hydrogen (secondary N) is 1. The van der Waals surface area contributed by atoms with Crippen LogP contribution in [-0.2, 0) is 16.8 Å². The van der Waals surface area contributed by atoms with Gasteiger partial charge in [-0.15, -0.1) is 11.3 Å². The molecule has 4 heteroatoms. The highest BCUT2D eigenvalue weighted by Gasteiger charge is 2.45. The molecule has 1 atom stereocenters. The van der Waals surface area contributed by atoms with E-state index in [1.807, 2.05) is 11.3 Å². The van der Waals surface area contributed by atoms with Gasteiger partial charge in [0.25, 0.3) is 0 Å². The van der Waals surface area contributed by atoms with E-state index in [9.17, 15) is 4.79 Å². The Balaban J connectivity index is 1.26. The van der Waals surface area contributed by atoms with E-state index in [0.29, 0.717) is 12.3 Å². The Morgan fingerprint density at radius 3 is 2.71 bits per heavy atom. The van der Waals surface area contributed by atoms with Crippen molar-refractivity contribution in [2.45, 2.75) is 56.4 Å². The van der Waals surface area contributed by atoms with Crippen LogP contribution in [0.5, 0.6) is 0 Å². The Labute approximate surface area is 172 Å². The molecule has 5 rings (SSSR count). The molecule has 1 aromatic carbocycles. The van der Waals surface area contributed by atoms with Gasteiger partial charge in [-0.3, -0.25) is 9.69 Å². The van der Waals surface area contributed by atoms with E-state index >= 15 is 0 Å². The second-order valence-corrected chi connectivity index (χ2v) is 10.1. The van der Waals surface area contributed by atoms with Crippen LogP contribution in [0.1, 0.15) is 60.4 Å². The average Bonchev–Trinajstić information content (AvgIpc) is 3.33. The topological polar surface area (TPSA) is 32.3 Å². The molecule has 2 aromatic rings. The van der Waals surface area contributed by atoms with Crippen molar-refractivity contribution in [2.24, 2.45) is 5.92 Å². The molecule has 0 unspecified atom stereocenters. The van der Waals surface area contributed by atoms with Gasteiger partial charge < -0.3 is 5.32 Å². The predicted octanol–water partition coefficient (Wildman–Crippen LogP) is 4.69. The zero-order valence-electron chi connectivity index (χ0n) is 16.5. The van der Waals surface area contributed by atoms with Crippen molar-refractivity contribution in [3.8, 4) is 0 Å². The van der Waals surface area contributed by atoms with Crippen molar-refractivity contribution in [3.05, 3.63) is 57.8 Å². The van der Waals surface area contributed by atoms with Gasteiger partial charge in [0.1, 0.15) is 0 Å². The summed E-state index contributed by atoms with van der Waals surface area (Å²) in [6.07, 6.45) is 6.82. The first-order valence-electron chi connectivity index (χ1n) is 10.8. The predicted molar refractivity (Wildman–Crippen MR) is 115 cm³/mol. The van der Waals surface area contributed by atoms with Gasteiger partial charge in [-0.05, 0) is 85.0 Å². The molecule has 1 spiro atoms. The molecule has 2 aliphatic carbocycles. The zero-order chi connectivity index (χ0) is 19.0. The fourth-order valence-electron chi connectivity index (χ4n) is 5.32. The third kappa shape index (κ3) is 3.77. The summed E-state index contributed by atoms with van der Waals surface area (Å²) in [5.74, 6) is 1.39. The number of rotatable bonds is 6. The van der Waals surface area contributed by atoms with Crippen LogP contribution in [0.4, 0.5) is 0 Å². The maximum Gasteiger partial charge on any atom is 0.220 e. The van der Waals surface area contributed by atoms with Crippen LogP contribution in [-0.4, -0.2) is 30.4 Å². The van der Waals surface area contributed by atoms with E-state index < -0.39 is 0 Å². The van der Waals surface area contributed by atoms with E-state index in [0.717, 1.165) is 38.5 Å². The number of piperidine rings is 1. The minimum absolute atomic E-state index is 0.249. The number of thiophene rings is 1. The quantitative estimate of drug-likeness (QED) is 0.771. The van der Waals surface area contributed by atoms with Crippen molar-refractivity contribution in [1.82, 2.24) is 10.2 Å². The minimum atomic E-state index is 0.249. The monoisotopic (exact) mass is 394 g/mol. The first-order chi connectivity index (χ1) is 13.7. The van der Waals surface area contributed by atoms with Crippen LogP contribution in [0, 0.1) is 5.92 Å². The van der Waals surface area contributed by atoms with Gasteiger partial charge in [0, 0.05) is 24.4 Å². The van der Waals surface area contributed by atoms with Gasteiger partial charge in [-0.1, -0.05) is 30.3 Å². The van der Waals surface area contributed by atoms with E-state index in [2.05, 4.69) is 52.0 Å². The maximum atomic E-state index is 12.5. The number of hydrogen-bond donors (Lipinski definition) is 1. The highest BCUT2D eigenvalue weighted by Crippen LogP contribution is 2.52. The summed E-state index contributed by atoms with van der Waals surface area (Å²) in [7, 11) is 0. The SMILES string of the molecule is O=C(C[C@@H]1CC2(CCN(Cc3cccs3)CC2)c2ccccc21)NCC1CC1. The second kappa shape index (κ2) is 7.64. The van der Waals surface area contributed by atoms with E-state index in [-0.39, 0.29) is 11.3 Å². The van der Waals surface area contributed by atoms with Crippen LogP contribution in [0.25, 0.3) is 0 Å². The zero-order valence-corrected chi connectivity index (χ0v) is 17.3. The Hall–Kier alpha value is -1.65. The summed E-state index contributed by atoms with van der Waals surface area (Å²) >= 11 is 1.86. The molecular weight excluding hydrogens is 364 g/mol. The average molecular weight is 395 g/mol. The molecule has 1 amide bonds. The van der Waals surface area contributed by atoms with Gasteiger partial charge in [0.2, 0.25) is 5.91 Å². The molecule has 2 heterocycles. The van der Waals surface area contributed by atoms with Crippen LogP contribution < -0.4 is 5.32 Å². The molecule has 1 saturated carbocycles. The highest BCUT2D eigenvalue weighted by molar-refractivity contribution is 7.09. The number of likely N-dealkylation sites (tertiary alicyclic amines) is 1. The molecule has 0 radical (unpaired) electrons. The van der Waals surface area contributed by atoms with Crippen molar-refractivity contribution < 1.29 is 4.79 Å². The van der Waals surface area contributed by atoms with Crippen molar-refractivity contribution in [2.75, 3.05) is 19.6 Å². The summed E-state index contributed by atoms with van der Waals surface area (Å²) < 4.78 is 0. The normalized spacial score (nSPS) is 23.6. The fraction of sp³-hybridized carbons (Fsp3) is 0.542. The summed E-state index contributed by atoms with van der Waals surface area (Å²) in [6, 6.07) is 13.4. The Bertz CT molecular complexity index is 819. The third-order valence-electron chi connectivity index (χ3n) is 7.10. The Morgan fingerprint density at radius 1 is 1.14 bits per heavy atom. The Kier molecular flexibility index (Phi) is 5.02.